The Bertz CT molecular complexity index is 941. The van der Waals surface area contributed by atoms with Gasteiger partial charge in [-0.1, -0.05) is 49.3 Å². The number of unbranched alkanes of at least 4 members (excludes halogenated alkanes) is 1. The van der Waals surface area contributed by atoms with Gasteiger partial charge in [0.25, 0.3) is 0 Å². The predicted octanol–water partition coefficient (Wildman–Crippen LogP) is 4.66. The molecule has 5 nitrogen and oxygen atoms in total. The van der Waals surface area contributed by atoms with Crippen LogP contribution in [0.1, 0.15) is 47.8 Å². The number of anilines is 1. The lowest BCUT2D eigenvalue weighted by atomic mass is 9.89. The molecule has 1 fully saturated rings. The number of fused-ring (bicyclic) bond motifs is 1. The minimum absolute atomic E-state index is 0.241. The third kappa shape index (κ3) is 4.87. The van der Waals surface area contributed by atoms with Crippen LogP contribution in [0.4, 0.5) is 5.13 Å². The lowest BCUT2D eigenvalue weighted by Crippen LogP contribution is -2.43. The monoisotopic (exact) mass is 410 g/mol. The van der Waals surface area contributed by atoms with Crippen molar-refractivity contribution in [1.29, 1.82) is 0 Å². The molecule has 2 aromatic heterocycles. The molecule has 2 N–H and O–H groups in total. The van der Waals surface area contributed by atoms with Gasteiger partial charge in [0, 0.05) is 49.7 Å². The molecule has 1 unspecified atom stereocenters. The van der Waals surface area contributed by atoms with Crippen molar-refractivity contribution in [3.8, 4) is 0 Å². The van der Waals surface area contributed by atoms with Crippen LogP contribution < -0.4 is 10.2 Å². The summed E-state index contributed by atoms with van der Waals surface area (Å²) in [5.74, 6) is 0.608. The Labute approximate surface area is 176 Å². The molecule has 3 aromatic rings. The summed E-state index contributed by atoms with van der Waals surface area (Å²) in [7, 11) is 0. The lowest BCUT2D eigenvalue weighted by molar-refractivity contribution is 0.0962. The summed E-state index contributed by atoms with van der Waals surface area (Å²) in [4.78, 5) is 24.0. The van der Waals surface area contributed by atoms with E-state index in [2.05, 4.69) is 57.6 Å². The number of rotatable bonds is 9. The molecular formula is C23H30N4OS. The normalized spacial score (nSPS) is 15.7. The van der Waals surface area contributed by atoms with Crippen LogP contribution in [0.2, 0.25) is 0 Å². The second-order valence-electron chi connectivity index (χ2n) is 7.94. The summed E-state index contributed by atoms with van der Waals surface area (Å²) in [6.07, 6.45) is 8.85. The number of nitrogens with zero attached hydrogens (tertiary/aromatic N) is 2. The van der Waals surface area contributed by atoms with Crippen molar-refractivity contribution in [1.82, 2.24) is 15.3 Å². The molecule has 6 heteroatoms. The largest absolute Gasteiger partial charge is 0.361 e. The molecule has 154 valence electrons. The average Bonchev–Trinajstić information content (AvgIpc) is 3.41. The summed E-state index contributed by atoms with van der Waals surface area (Å²) >= 11 is 1.56. The van der Waals surface area contributed by atoms with Gasteiger partial charge in [0.05, 0.1) is 11.1 Å². The minimum Gasteiger partial charge on any atom is -0.361 e. The number of ketones is 1. The van der Waals surface area contributed by atoms with E-state index in [1.807, 2.05) is 0 Å². The van der Waals surface area contributed by atoms with E-state index < -0.39 is 0 Å². The van der Waals surface area contributed by atoms with Crippen LogP contribution in [0.25, 0.3) is 10.9 Å². The zero-order chi connectivity index (χ0) is 20.1. The fourth-order valence-corrected chi connectivity index (χ4v) is 5.06. The number of hydrogen-bond acceptors (Lipinski definition) is 5. The van der Waals surface area contributed by atoms with Gasteiger partial charge in [-0.05, 0) is 30.4 Å². The Morgan fingerprint density at radius 1 is 1.28 bits per heavy atom. The molecule has 29 heavy (non-hydrogen) atoms. The smallest absolute Gasteiger partial charge is 0.186 e. The molecule has 1 aliphatic rings. The lowest BCUT2D eigenvalue weighted by Gasteiger charge is -2.26. The van der Waals surface area contributed by atoms with Gasteiger partial charge in [0.1, 0.15) is 0 Å². The van der Waals surface area contributed by atoms with E-state index in [0.29, 0.717) is 12.3 Å². The Hall–Kier alpha value is -2.18. The number of piperazine rings is 1. The molecule has 0 bridgehead atoms. The van der Waals surface area contributed by atoms with Gasteiger partial charge < -0.3 is 15.2 Å². The molecule has 1 saturated heterocycles. The zero-order valence-corrected chi connectivity index (χ0v) is 17.9. The van der Waals surface area contributed by atoms with Crippen molar-refractivity contribution in [2.75, 3.05) is 31.1 Å². The quantitative estimate of drug-likeness (QED) is 0.504. The van der Waals surface area contributed by atoms with Crippen molar-refractivity contribution >= 4 is 33.2 Å². The van der Waals surface area contributed by atoms with Crippen molar-refractivity contribution in [2.24, 2.45) is 5.92 Å². The molecule has 1 atom stereocenters. The molecule has 0 aliphatic carbocycles. The van der Waals surface area contributed by atoms with Crippen LogP contribution in [0, 0.1) is 5.92 Å². The molecule has 1 aromatic carbocycles. The molecule has 4 rings (SSSR count). The highest BCUT2D eigenvalue weighted by molar-refractivity contribution is 7.17. The van der Waals surface area contributed by atoms with E-state index in [-0.39, 0.29) is 5.78 Å². The van der Waals surface area contributed by atoms with Crippen LogP contribution in [-0.2, 0) is 6.42 Å². The summed E-state index contributed by atoms with van der Waals surface area (Å²) < 4.78 is 0. The third-order valence-electron chi connectivity index (χ3n) is 5.78. The van der Waals surface area contributed by atoms with Gasteiger partial charge in [-0.3, -0.25) is 4.79 Å². The summed E-state index contributed by atoms with van der Waals surface area (Å²) in [5.41, 5.74) is 2.49. The van der Waals surface area contributed by atoms with Gasteiger partial charge in [0.15, 0.2) is 10.9 Å². The standard InChI is InChI=1S/C23H30N4OS/c1-2-3-6-17(13-18-15-25-20-8-5-4-7-19(18)20)14-21(28)22-16-26-23(29-22)27-11-9-24-10-12-27/h4-5,7-8,15-17,24-25H,2-3,6,9-14H2,1H3. The Morgan fingerprint density at radius 2 is 2.10 bits per heavy atom. The SMILES string of the molecule is CCCCC(CC(=O)c1cnc(N2CCNCC2)s1)Cc1c[nH]c2ccccc12. The van der Waals surface area contributed by atoms with Gasteiger partial charge >= 0.3 is 0 Å². The van der Waals surface area contributed by atoms with Crippen molar-refractivity contribution in [2.45, 2.75) is 39.0 Å². The minimum atomic E-state index is 0.241. The Morgan fingerprint density at radius 3 is 2.93 bits per heavy atom. The van der Waals surface area contributed by atoms with E-state index in [4.69, 9.17) is 0 Å². The fraction of sp³-hybridized carbons (Fsp3) is 0.478. The zero-order valence-electron chi connectivity index (χ0n) is 17.1. The van der Waals surface area contributed by atoms with E-state index in [9.17, 15) is 4.79 Å². The fourth-order valence-electron chi connectivity index (χ4n) is 4.14. The maximum Gasteiger partial charge on any atom is 0.186 e. The number of aromatic amines is 1. The van der Waals surface area contributed by atoms with Crippen molar-refractivity contribution < 1.29 is 4.79 Å². The molecule has 0 spiro atoms. The van der Waals surface area contributed by atoms with Crippen LogP contribution in [0.15, 0.2) is 36.7 Å². The van der Waals surface area contributed by atoms with E-state index in [0.717, 1.165) is 61.9 Å². The van der Waals surface area contributed by atoms with Crippen molar-refractivity contribution in [3.05, 3.63) is 47.1 Å². The number of hydrogen-bond donors (Lipinski definition) is 2. The second-order valence-corrected chi connectivity index (χ2v) is 8.95. The number of thiazole rings is 1. The molecule has 0 radical (unpaired) electrons. The van der Waals surface area contributed by atoms with Crippen molar-refractivity contribution in [3.63, 3.8) is 0 Å². The number of benzene rings is 1. The molecule has 3 heterocycles. The number of carbonyl (C=O) groups excluding carboxylic acids is 1. The van der Waals surface area contributed by atoms with Crippen LogP contribution in [0.3, 0.4) is 0 Å². The first-order valence-corrected chi connectivity index (χ1v) is 11.6. The number of nitrogens with one attached hydrogen (secondary N) is 2. The average molecular weight is 411 g/mol. The van der Waals surface area contributed by atoms with Crippen LogP contribution >= 0.6 is 11.3 Å². The summed E-state index contributed by atoms with van der Waals surface area (Å²) in [6, 6.07) is 8.42. The first-order valence-electron chi connectivity index (χ1n) is 10.7. The first kappa shape index (κ1) is 20.1. The molecule has 1 aliphatic heterocycles. The molecule has 0 amide bonds. The Kier molecular flexibility index (Phi) is 6.62. The number of Topliss-reactive ketones (excluding diaryl/α,β-unsaturated/α-hetero) is 1. The summed E-state index contributed by atoms with van der Waals surface area (Å²) in [5, 5.41) is 5.62. The number of para-hydroxylation sites is 1. The van der Waals surface area contributed by atoms with Gasteiger partial charge in [-0.15, -0.1) is 0 Å². The number of carbonyl (C=O) groups is 1. The highest BCUT2D eigenvalue weighted by atomic mass is 32.1. The summed E-state index contributed by atoms with van der Waals surface area (Å²) in [6.45, 7) is 6.09. The van der Waals surface area contributed by atoms with Gasteiger partial charge in [-0.25, -0.2) is 4.98 Å². The maximum absolute atomic E-state index is 13.0. The second kappa shape index (κ2) is 9.55. The highest BCUT2D eigenvalue weighted by Crippen LogP contribution is 2.29. The van der Waals surface area contributed by atoms with E-state index in [1.165, 1.54) is 16.5 Å². The van der Waals surface area contributed by atoms with E-state index >= 15 is 0 Å². The van der Waals surface area contributed by atoms with Crippen LogP contribution in [0.5, 0.6) is 0 Å². The molecule has 0 saturated carbocycles. The highest BCUT2D eigenvalue weighted by Gasteiger charge is 2.21. The van der Waals surface area contributed by atoms with Gasteiger partial charge in [-0.2, -0.15) is 0 Å². The topological polar surface area (TPSA) is 61.0 Å². The first-order chi connectivity index (χ1) is 14.2. The third-order valence-corrected chi connectivity index (χ3v) is 6.88. The molecular weight excluding hydrogens is 380 g/mol. The number of aromatic nitrogens is 2. The van der Waals surface area contributed by atoms with E-state index in [1.54, 1.807) is 17.5 Å². The van der Waals surface area contributed by atoms with Gasteiger partial charge in [0.2, 0.25) is 0 Å². The number of H-pyrrole nitrogens is 1. The Balaban J connectivity index is 1.44. The maximum atomic E-state index is 13.0. The predicted molar refractivity (Wildman–Crippen MR) is 121 cm³/mol. The van der Waals surface area contributed by atoms with Crippen LogP contribution in [-0.4, -0.2) is 41.9 Å².